The van der Waals surface area contributed by atoms with E-state index >= 15 is 0 Å². The van der Waals surface area contributed by atoms with Crippen molar-refractivity contribution >= 4 is 49.3 Å². The van der Waals surface area contributed by atoms with E-state index in [1.807, 2.05) is 0 Å². The third-order valence-electron chi connectivity index (χ3n) is 6.81. The zero-order valence-electron chi connectivity index (χ0n) is 18.8. The number of anilines is 1. The SMILES string of the molecule is CSc1nc(N2CCN(CCO)CC2)c2sc3nc(-c4ccccc4)c4c(c3c2n1)CCC4. The molecule has 1 N–H and O–H groups in total. The fraction of sp³-hybridized carbons (Fsp3) is 0.400. The number of thioether (sulfide) groups is 1. The number of hydrogen-bond acceptors (Lipinski definition) is 8. The average Bonchev–Trinajstić information content (AvgIpc) is 3.48. The molecule has 4 aromatic rings. The summed E-state index contributed by atoms with van der Waals surface area (Å²) in [7, 11) is 0. The van der Waals surface area contributed by atoms with E-state index < -0.39 is 0 Å². The van der Waals surface area contributed by atoms with Crippen LogP contribution in [0, 0.1) is 0 Å². The molecule has 0 amide bonds. The fourth-order valence-electron chi connectivity index (χ4n) is 5.20. The summed E-state index contributed by atoms with van der Waals surface area (Å²) in [5, 5.41) is 11.4. The van der Waals surface area contributed by atoms with Crippen molar-refractivity contribution in [3.63, 3.8) is 0 Å². The first-order valence-corrected chi connectivity index (χ1v) is 13.6. The lowest BCUT2D eigenvalue weighted by Gasteiger charge is -2.35. The molecule has 0 saturated carbocycles. The van der Waals surface area contributed by atoms with Gasteiger partial charge in [-0.05, 0) is 36.6 Å². The van der Waals surface area contributed by atoms with Crippen molar-refractivity contribution in [3.8, 4) is 11.3 Å². The normalized spacial score (nSPS) is 16.7. The first kappa shape index (κ1) is 21.3. The Morgan fingerprint density at radius 3 is 2.55 bits per heavy atom. The van der Waals surface area contributed by atoms with Crippen molar-refractivity contribution in [2.24, 2.45) is 0 Å². The van der Waals surface area contributed by atoms with Gasteiger partial charge in [-0.15, -0.1) is 11.3 Å². The van der Waals surface area contributed by atoms with Gasteiger partial charge in [0.05, 0.1) is 22.5 Å². The summed E-state index contributed by atoms with van der Waals surface area (Å²) in [4.78, 5) is 21.0. The second kappa shape index (κ2) is 8.83. The maximum absolute atomic E-state index is 9.29. The lowest BCUT2D eigenvalue weighted by atomic mass is 10.0. The van der Waals surface area contributed by atoms with Crippen LogP contribution in [0.25, 0.3) is 31.7 Å². The summed E-state index contributed by atoms with van der Waals surface area (Å²) < 4.78 is 1.16. The predicted octanol–water partition coefficient (Wildman–Crippen LogP) is 4.23. The molecule has 1 saturated heterocycles. The summed E-state index contributed by atoms with van der Waals surface area (Å²) in [5.41, 5.74) is 6.25. The molecule has 8 heteroatoms. The van der Waals surface area contributed by atoms with Gasteiger partial charge in [0.15, 0.2) is 11.0 Å². The van der Waals surface area contributed by atoms with Gasteiger partial charge >= 0.3 is 0 Å². The predicted molar refractivity (Wildman–Crippen MR) is 138 cm³/mol. The highest BCUT2D eigenvalue weighted by molar-refractivity contribution is 7.98. The molecule has 170 valence electrons. The van der Waals surface area contributed by atoms with Gasteiger partial charge in [0.1, 0.15) is 4.83 Å². The number of piperazine rings is 1. The van der Waals surface area contributed by atoms with Crippen LogP contribution in [0.1, 0.15) is 17.5 Å². The van der Waals surface area contributed by atoms with Crippen LogP contribution in [-0.4, -0.2) is 70.5 Å². The Morgan fingerprint density at radius 1 is 1.00 bits per heavy atom. The molecule has 0 bridgehead atoms. The Kier molecular flexibility index (Phi) is 5.70. The number of aliphatic hydroxyl groups is 1. The monoisotopic (exact) mass is 477 g/mol. The maximum Gasteiger partial charge on any atom is 0.189 e. The lowest BCUT2D eigenvalue weighted by molar-refractivity contribution is 0.188. The Morgan fingerprint density at radius 2 is 1.79 bits per heavy atom. The summed E-state index contributed by atoms with van der Waals surface area (Å²) in [6, 6.07) is 10.6. The highest BCUT2D eigenvalue weighted by Crippen LogP contribution is 2.44. The van der Waals surface area contributed by atoms with E-state index in [2.05, 4.69) is 46.4 Å². The quantitative estimate of drug-likeness (QED) is 0.341. The largest absolute Gasteiger partial charge is 0.395 e. The van der Waals surface area contributed by atoms with Gasteiger partial charge in [-0.2, -0.15) is 0 Å². The molecule has 33 heavy (non-hydrogen) atoms. The van der Waals surface area contributed by atoms with E-state index in [9.17, 15) is 5.11 Å². The summed E-state index contributed by atoms with van der Waals surface area (Å²) in [6.07, 6.45) is 5.40. The van der Waals surface area contributed by atoms with E-state index in [-0.39, 0.29) is 6.61 Å². The zero-order chi connectivity index (χ0) is 22.4. The number of aryl methyl sites for hydroxylation is 1. The van der Waals surface area contributed by atoms with Crippen LogP contribution in [0.2, 0.25) is 0 Å². The van der Waals surface area contributed by atoms with Gasteiger partial charge in [-0.1, -0.05) is 42.1 Å². The number of β-amino-alcohol motifs (C(OH)–C–C–N with tert-alkyl or cyclic N) is 1. The van der Waals surface area contributed by atoms with Crippen molar-refractivity contribution in [3.05, 3.63) is 41.5 Å². The van der Waals surface area contributed by atoms with Crippen molar-refractivity contribution in [1.82, 2.24) is 19.9 Å². The van der Waals surface area contributed by atoms with E-state index in [1.54, 1.807) is 23.1 Å². The molecular formula is C25H27N5OS2. The summed E-state index contributed by atoms with van der Waals surface area (Å²) >= 11 is 3.35. The first-order chi connectivity index (χ1) is 16.3. The smallest absolute Gasteiger partial charge is 0.189 e. The molecule has 4 heterocycles. The van der Waals surface area contributed by atoms with Crippen LogP contribution in [-0.2, 0) is 12.8 Å². The number of aromatic nitrogens is 3. The number of benzene rings is 1. The molecule has 1 aromatic carbocycles. The van der Waals surface area contributed by atoms with Crippen molar-refractivity contribution in [2.45, 2.75) is 24.4 Å². The highest BCUT2D eigenvalue weighted by atomic mass is 32.2. The number of hydrogen-bond donors (Lipinski definition) is 1. The molecule has 2 aliphatic rings. The summed E-state index contributed by atoms with van der Waals surface area (Å²) in [5.74, 6) is 1.05. The second-order valence-corrected chi connectivity index (χ2v) is 10.5. The average molecular weight is 478 g/mol. The standard InChI is InChI=1S/C25H27N5OS2/c1-32-25-27-21-19-17-8-5-9-18(17)20(16-6-3-2-4-7-16)26-24(19)33-22(21)23(28-25)30-12-10-29(11-13-30)14-15-31/h2-4,6-7,31H,5,8-15H2,1H3. The minimum Gasteiger partial charge on any atom is -0.395 e. The molecule has 1 aliphatic heterocycles. The number of aliphatic hydroxyl groups excluding tert-OH is 1. The fourth-order valence-corrected chi connectivity index (χ4v) is 6.72. The van der Waals surface area contributed by atoms with Gasteiger partial charge in [0.25, 0.3) is 0 Å². The molecule has 0 unspecified atom stereocenters. The molecule has 6 nitrogen and oxygen atoms in total. The van der Waals surface area contributed by atoms with Crippen LogP contribution >= 0.6 is 23.1 Å². The molecule has 1 aliphatic carbocycles. The minimum atomic E-state index is 0.214. The van der Waals surface area contributed by atoms with Crippen molar-refractivity contribution in [1.29, 1.82) is 0 Å². The second-order valence-electron chi connectivity index (χ2n) is 8.68. The van der Waals surface area contributed by atoms with E-state index in [1.165, 1.54) is 28.5 Å². The number of thiophene rings is 1. The molecular weight excluding hydrogens is 450 g/mol. The van der Waals surface area contributed by atoms with Crippen LogP contribution in [0.4, 0.5) is 5.82 Å². The molecule has 0 spiro atoms. The number of pyridine rings is 1. The molecule has 0 radical (unpaired) electrons. The number of nitrogens with zero attached hydrogens (tertiary/aromatic N) is 5. The molecule has 1 fully saturated rings. The van der Waals surface area contributed by atoms with Gasteiger partial charge in [0, 0.05) is 43.7 Å². The Hall–Kier alpha value is -2.26. The van der Waals surface area contributed by atoms with E-state index in [4.69, 9.17) is 15.0 Å². The summed E-state index contributed by atoms with van der Waals surface area (Å²) in [6.45, 7) is 4.66. The molecule has 0 atom stereocenters. The van der Waals surface area contributed by atoms with Gasteiger partial charge in [-0.3, -0.25) is 4.90 Å². The zero-order valence-corrected chi connectivity index (χ0v) is 20.4. The Labute approximate surface area is 201 Å². The van der Waals surface area contributed by atoms with Gasteiger partial charge in [0.2, 0.25) is 0 Å². The van der Waals surface area contributed by atoms with E-state index in [0.29, 0.717) is 0 Å². The topological polar surface area (TPSA) is 65.4 Å². The van der Waals surface area contributed by atoms with Crippen molar-refractivity contribution in [2.75, 3.05) is 50.5 Å². The third-order valence-corrected chi connectivity index (χ3v) is 8.43. The highest BCUT2D eigenvalue weighted by Gasteiger charge is 2.27. The van der Waals surface area contributed by atoms with Crippen LogP contribution in [0.3, 0.4) is 0 Å². The van der Waals surface area contributed by atoms with Crippen LogP contribution in [0.5, 0.6) is 0 Å². The van der Waals surface area contributed by atoms with Crippen LogP contribution < -0.4 is 4.90 Å². The maximum atomic E-state index is 9.29. The first-order valence-electron chi connectivity index (χ1n) is 11.6. The third kappa shape index (κ3) is 3.69. The minimum absolute atomic E-state index is 0.214. The van der Waals surface area contributed by atoms with E-state index in [0.717, 1.165) is 77.3 Å². The van der Waals surface area contributed by atoms with Crippen molar-refractivity contribution < 1.29 is 5.11 Å². The molecule has 6 rings (SSSR count). The number of rotatable bonds is 5. The molecule has 3 aromatic heterocycles. The number of fused-ring (bicyclic) bond motifs is 5. The Bertz CT molecular complexity index is 1320. The van der Waals surface area contributed by atoms with Crippen LogP contribution in [0.15, 0.2) is 35.5 Å². The van der Waals surface area contributed by atoms with Gasteiger partial charge < -0.3 is 10.0 Å². The Balaban J connectivity index is 1.53. The lowest BCUT2D eigenvalue weighted by Crippen LogP contribution is -2.47. The van der Waals surface area contributed by atoms with Gasteiger partial charge in [-0.25, -0.2) is 15.0 Å².